The van der Waals surface area contributed by atoms with Gasteiger partial charge in [-0.3, -0.25) is 4.98 Å². The van der Waals surface area contributed by atoms with Crippen LogP contribution in [-0.4, -0.2) is 26.5 Å². The summed E-state index contributed by atoms with van der Waals surface area (Å²) in [5.74, 6) is -0.330. The summed E-state index contributed by atoms with van der Waals surface area (Å²) < 4.78 is 15.5. The van der Waals surface area contributed by atoms with Gasteiger partial charge in [0, 0.05) is 23.8 Å². The number of hydrogen-bond donors (Lipinski definition) is 2. The van der Waals surface area contributed by atoms with Gasteiger partial charge in [-0.15, -0.1) is 5.10 Å². The molecule has 1 atom stereocenters. The molecule has 9 heteroatoms. The van der Waals surface area contributed by atoms with Crippen LogP contribution >= 0.6 is 11.6 Å². The summed E-state index contributed by atoms with van der Waals surface area (Å²) in [5.41, 5.74) is 4.67. The Balaban J connectivity index is 1.58. The summed E-state index contributed by atoms with van der Waals surface area (Å²) in [4.78, 5) is 4.45. The summed E-state index contributed by atoms with van der Waals surface area (Å²) in [6.07, 6.45) is 3.38. The zero-order valence-corrected chi connectivity index (χ0v) is 22.5. The van der Waals surface area contributed by atoms with E-state index in [0.29, 0.717) is 39.7 Å². The molecule has 0 aliphatic carbocycles. The molecule has 5 rings (SSSR count). The average Bonchev–Trinajstić information content (AvgIpc) is 3.41. The maximum Gasteiger partial charge on any atom is 0.123 e. The number of nitriles is 1. The van der Waals surface area contributed by atoms with Gasteiger partial charge in [0.15, 0.2) is 0 Å². The number of benzene rings is 3. The van der Waals surface area contributed by atoms with Crippen molar-refractivity contribution >= 4 is 33.9 Å². The Kier molecular flexibility index (Phi) is 7.18. The van der Waals surface area contributed by atoms with Crippen LogP contribution in [0.25, 0.3) is 16.6 Å². The van der Waals surface area contributed by atoms with Crippen LogP contribution in [0.4, 0.5) is 15.8 Å². The van der Waals surface area contributed by atoms with E-state index in [1.807, 2.05) is 42.6 Å². The monoisotopic (exact) mass is 539 g/mol. The smallest absolute Gasteiger partial charge is 0.123 e. The molecule has 0 spiro atoms. The molecule has 2 N–H and O–H groups in total. The number of aromatic nitrogens is 4. The van der Waals surface area contributed by atoms with Crippen LogP contribution in [0, 0.1) is 22.6 Å². The van der Waals surface area contributed by atoms with Crippen LogP contribution in [0.2, 0.25) is 5.02 Å². The minimum absolute atomic E-state index is 0.0137. The second-order valence-electron chi connectivity index (χ2n) is 10.5. The lowest BCUT2D eigenvalue weighted by atomic mass is 9.96. The van der Waals surface area contributed by atoms with Crippen molar-refractivity contribution in [3.63, 3.8) is 0 Å². The molecule has 0 amide bonds. The molecule has 0 radical (unpaired) electrons. The normalized spacial score (nSPS) is 12.2. The molecule has 1 unspecified atom stereocenters. The predicted molar refractivity (Wildman–Crippen MR) is 153 cm³/mol. The molecule has 0 fully saturated rings. The second-order valence-corrected chi connectivity index (χ2v) is 10.9. The van der Waals surface area contributed by atoms with Crippen molar-refractivity contribution in [3.8, 4) is 11.8 Å². The van der Waals surface area contributed by atoms with Crippen LogP contribution in [0.5, 0.6) is 0 Å². The summed E-state index contributed by atoms with van der Waals surface area (Å²) in [7, 11) is 0. The van der Waals surface area contributed by atoms with E-state index in [4.69, 9.17) is 11.6 Å². The standard InChI is InChI=1S/C30H27ClFN7/c1-30(2,3)18-35-27-20(15-33)16-34-29-24(27)13-22(14-25(29)31)36-28(19-9-11-21(32)12-10-19)26-17-39(38-37-26)23-7-5-4-6-8-23/h4-14,16-17,28,36H,18H2,1-3H3,(H,34,35). The molecule has 2 heterocycles. The molecule has 3 aromatic carbocycles. The lowest BCUT2D eigenvalue weighted by molar-refractivity contribution is 0.443. The van der Waals surface area contributed by atoms with E-state index in [2.05, 4.69) is 52.8 Å². The first-order valence-electron chi connectivity index (χ1n) is 12.5. The average molecular weight is 540 g/mol. The third kappa shape index (κ3) is 5.84. The molecule has 0 saturated carbocycles. The van der Waals surface area contributed by atoms with E-state index in [1.165, 1.54) is 18.3 Å². The van der Waals surface area contributed by atoms with Gasteiger partial charge in [0.1, 0.15) is 17.6 Å². The van der Waals surface area contributed by atoms with Gasteiger partial charge in [-0.2, -0.15) is 5.26 Å². The molecule has 0 bridgehead atoms. The van der Waals surface area contributed by atoms with Crippen molar-refractivity contribution in [2.24, 2.45) is 5.41 Å². The molecule has 2 aromatic heterocycles. The van der Waals surface area contributed by atoms with Gasteiger partial charge in [-0.05, 0) is 47.4 Å². The van der Waals surface area contributed by atoms with Crippen molar-refractivity contribution in [3.05, 3.63) is 107 Å². The lowest BCUT2D eigenvalue weighted by Gasteiger charge is -2.22. The Morgan fingerprint density at radius 3 is 2.51 bits per heavy atom. The fraction of sp³-hybridized carbons (Fsp3) is 0.200. The summed E-state index contributed by atoms with van der Waals surface area (Å²) in [6, 6.07) is 21.4. The van der Waals surface area contributed by atoms with Gasteiger partial charge in [-0.25, -0.2) is 9.07 Å². The van der Waals surface area contributed by atoms with Crippen molar-refractivity contribution in [1.82, 2.24) is 20.0 Å². The molecule has 196 valence electrons. The van der Waals surface area contributed by atoms with Crippen LogP contribution in [0.3, 0.4) is 0 Å². The Morgan fingerprint density at radius 2 is 1.82 bits per heavy atom. The first kappa shape index (κ1) is 26.1. The molecule has 39 heavy (non-hydrogen) atoms. The third-order valence-corrected chi connectivity index (χ3v) is 6.47. The van der Waals surface area contributed by atoms with Gasteiger partial charge in [0.25, 0.3) is 0 Å². The SMILES string of the molecule is CC(C)(C)CNc1c(C#N)cnc2c(Cl)cc(NC(c3ccc(F)cc3)c3cn(-c4ccccc4)nn3)cc12. The summed E-state index contributed by atoms with van der Waals surface area (Å²) >= 11 is 6.71. The highest BCUT2D eigenvalue weighted by Crippen LogP contribution is 2.36. The predicted octanol–water partition coefficient (Wildman–Crippen LogP) is 7.14. The first-order chi connectivity index (χ1) is 18.7. The number of rotatable bonds is 7. The Labute approximate surface area is 231 Å². The van der Waals surface area contributed by atoms with Crippen LogP contribution in [0.15, 0.2) is 79.1 Å². The van der Waals surface area contributed by atoms with E-state index in [9.17, 15) is 9.65 Å². The molecule has 0 saturated heterocycles. The number of nitrogens with zero attached hydrogens (tertiary/aromatic N) is 5. The molecular formula is C30H27ClFN7. The lowest BCUT2D eigenvalue weighted by Crippen LogP contribution is -2.20. The van der Waals surface area contributed by atoms with E-state index in [0.717, 1.165) is 16.6 Å². The van der Waals surface area contributed by atoms with Crippen LogP contribution in [0.1, 0.15) is 43.6 Å². The van der Waals surface area contributed by atoms with E-state index >= 15 is 0 Å². The number of halogens is 2. The number of anilines is 2. The molecule has 5 aromatic rings. The third-order valence-electron chi connectivity index (χ3n) is 6.18. The fourth-order valence-corrected chi connectivity index (χ4v) is 4.51. The molecule has 0 aliphatic heterocycles. The van der Waals surface area contributed by atoms with Gasteiger partial charge in [0.2, 0.25) is 0 Å². The minimum Gasteiger partial charge on any atom is -0.383 e. The van der Waals surface area contributed by atoms with Crippen molar-refractivity contribution in [1.29, 1.82) is 5.26 Å². The number of pyridine rings is 1. The van der Waals surface area contributed by atoms with Gasteiger partial charge in [0.05, 0.1) is 39.7 Å². The van der Waals surface area contributed by atoms with Crippen molar-refractivity contribution in [2.45, 2.75) is 26.8 Å². The topological polar surface area (TPSA) is 91.5 Å². The maximum absolute atomic E-state index is 13.8. The van der Waals surface area contributed by atoms with Gasteiger partial charge in [-0.1, -0.05) is 67.9 Å². The Morgan fingerprint density at radius 1 is 1.08 bits per heavy atom. The minimum atomic E-state index is -0.463. The van der Waals surface area contributed by atoms with E-state index in [-0.39, 0.29) is 11.2 Å². The van der Waals surface area contributed by atoms with Crippen molar-refractivity contribution in [2.75, 3.05) is 17.2 Å². The molecular weight excluding hydrogens is 513 g/mol. The highest BCUT2D eigenvalue weighted by atomic mass is 35.5. The molecule has 0 aliphatic rings. The summed E-state index contributed by atoms with van der Waals surface area (Å²) in [6.45, 7) is 7.00. The first-order valence-corrected chi connectivity index (χ1v) is 12.9. The highest BCUT2D eigenvalue weighted by molar-refractivity contribution is 6.35. The molecule has 7 nitrogen and oxygen atoms in total. The van der Waals surface area contributed by atoms with Gasteiger partial charge < -0.3 is 10.6 Å². The number of hydrogen-bond acceptors (Lipinski definition) is 6. The highest BCUT2D eigenvalue weighted by Gasteiger charge is 2.21. The van der Waals surface area contributed by atoms with Crippen molar-refractivity contribution < 1.29 is 4.39 Å². The largest absolute Gasteiger partial charge is 0.383 e. The van der Waals surface area contributed by atoms with Crippen LogP contribution < -0.4 is 10.6 Å². The van der Waals surface area contributed by atoms with E-state index < -0.39 is 6.04 Å². The zero-order chi connectivity index (χ0) is 27.6. The summed E-state index contributed by atoms with van der Waals surface area (Å²) in [5, 5.41) is 26.6. The number of nitrogens with one attached hydrogen (secondary N) is 2. The van der Waals surface area contributed by atoms with E-state index in [1.54, 1.807) is 22.9 Å². The maximum atomic E-state index is 13.8. The van der Waals surface area contributed by atoms with Crippen LogP contribution in [-0.2, 0) is 0 Å². The Bertz CT molecular complexity index is 1650. The number of fused-ring (bicyclic) bond motifs is 1. The fourth-order valence-electron chi connectivity index (χ4n) is 4.24. The zero-order valence-electron chi connectivity index (χ0n) is 21.8. The number of para-hydroxylation sites is 1. The van der Waals surface area contributed by atoms with Gasteiger partial charge >= 0.3 is 0 Å². The second kappa shape index (κ2) is 10.7. The quantitative estimate of drug-likeness (QED) is 0.228. The Hall–Kier alpha value is -4.48.